The van der Waals surface area contributed by atoms with Gasteiger partial charge in [-0.05, 0) is 54.5 Å². The van der Waals surface area contributed by atoms with E-state index in [1.54, 1.807) is 0 Å². The summed E-state index contributed by atoms with van der Waals surface area (Å²) in [6.45, 7) is 6.42. The molecule has 0 spiro atoms. The Labute approximate surface area is 119 Å². The van der Waals surface area contributed by atoms with Crippen LogP contribution in [0.2, 0.25) is 0 Å². The van der Waals surface area contributed by atoms with Gasteiger partial charge in [0.05, 0.1) is 5.69 Å². The molecule has 0 amide bonds. The topological polar surface area (TPSA) is 28.2 Å². The van der Waals surface area contributed by atoms with Gasteiger partial charge in [0.1, 0.15) is 4.60 Å². The van der Waals surface area contributed by atoms with E-state index >= 15 is 0 Å². The SMILES string of the molecule is CC(C)CC(CN(C)C)NCc1cccc(Br)n1. The number of nitrogens with zero attached hydrogens (tertiary/aromatic N) is 2. The number of likely N-dealkylation sites (N-methyl/N-ethyl adjacent to an activating group) is 1. The van der Waals surface area contributed by atoms with Crippen molar-refractivity contribution in [3.05, 3.63) is 28.5 Å². The van der Waals surface area contributed by atoms with E-state index in [0.29, 0.717) is 12.0 Å². The van der Waals surface area contributed by atoms with Gasteiger partial charge in [0.15, 0.2) is 0 Å². The Kier molecular flexibility index (Phi) is 6.82. The minimum Gasteiger partial charge on any atom is -0.308 e. The Bertz CT molecular complexity index is 343. The van der Waals surface area contributed by atoms with Crippen LogP contribution in [0.15, 0.2) is 22.8 Å². The molecule has 0 bridgehead atoms. The van der Waals surface area contributed by atoms with Crippen LogP contribution in [-0.2, 0) is 6.54 Å². The average Bonchev–Trinajstić information content (AvgIpc) is 2.24. The maximum Gasteiger partial charge on any atom is 0.106 e. The summed E-state index contributed by atoms with van der Waals surface area (Å²) >= 11 is 3.40. The lowest BCUT2D eigenvalue weighted by atomic mass is 10.0. The van der Waals surface area contributed by atoms with E-state index in [2.05, 4.69) is 65.1 Å². The third kappa shape index (κ3) is 6.47. The Morgan fingerprint density at radius 2 is 2.06 bits per heavy atom. The van der Waals surface area contributed by atoms with Crippen molar-refractivity contribution in [2.24, 2.45) is 5.92 Å². The van der Waals surface area contributed by atoms with Gasteiger partial charge in [-0.2, -0.15) is 0 Å². The zero-order chi connectivity index (χ0) is 13.5. The van der Waals surface area contributed by atoms with Gasteiger partial charge >= 0.3 is 0 Å². The van der Waals surface area contributed by atoms with Crippen molar-refractivity contribution in [3.8, 4) is 0 Å². The van der Waals surface area contributed by atoms with Crippen molar-refractivity contribution >= 4 is 15.9 Å². The first-order valence-corrected chi connectivity index (χ1v) is 7.26. The lowest BCUT2D eigenvalue weighted by Crippen LogP contribution is -2.39. The molecule has 0 radical (unpaired) electrons. The van der Waals surface area contributed by atoms with Crippen LogP contribution in [0.25, 0.3) is 0 Å². The van der Waals surface area contributed by atoms with Crippen molar-refractivity contribution in [1.82, 2.24) is 15.2 Å². The number of aromatic nitrogens is 1. The number of hydrogen-bond donors (Lipinski definition) is 1. The van der Waals surface area contributed by atoms with Crippen LogP contribution >= 0.6 is 15.9 Å². The molecule has 0 aliphatic carbocycles. The predicted octanol–water partition coefficient (Wildman–Crippen LogP) is 2.91. The van der Waals surface area contributed by atoms with E-state index in [1.165, 1.54) is 6.42 Å². The summed E-state index contributed by atoms with van der Waals surface area (Å²) in [5.74, 6) is 0.706. The van der Waals surface area contributed by atoms with E-state index in [4.69, 9.17) is 0 Å². The standard InChI is InChI=1S/C14H24BrN3/c1-11(2)8-13(10-18(3)4)16-9-12-6-5-7-14(15)17-12/h5-7,11,13,16H,8-10H2,1-4H3. The van der Waals surface area contributed by atoms with Crippen molar-refractivity contribution in [3.63, 3.8) is 0 Å². The first kappa shape index (κ1) is 15.6. The van der Waals surface area contributed by atoms with Crippen LogP contribution in [-0.4, -0.2) is 36.6 Å². The van der Waals surface area contributed by atoms with Crippen molar-refractivity contribution in [1.29, 1.82) is 0 Å². The molecule has 4 heteroatoms. The highest BCUT2D eigenvalue weighted by atomic mass is 79.9. The fraction of sp³-hybridized carbons (Fsp3) is 0.643. The number of nitrogens with one attached hydrogen (secondary N) is 1. The zero-order valence-corrected chi connectivity index (χ0v) is 13.4. The van der Waals surface area contributed by atoms with Gasteiger partial charge in [-0.3, -0.25) is 0 Å². The molecule has 0 fully saturated rings. The lowest BCUT2D eigenvalue weighted by molar-refractivity contribution is 0.304. The molecule has 0 saturated carbocycles. The molecule has 0 aliphatic rings. The van der Waals surface area contributed by atoms with Crippen LogP contribution in [0.3, 0.4) is 0 Å². The quantitative estimate of drug-likeness (QED) is 0.785. The molecular formula is C14H24BrN3. The highest BCUT2D eigenvalue weighted by molar-refractivity contribution is 9.10. The monoisotopic (exact) mass is 313 g/mol. The molecule has 0 aromatic carbocycles. The molecule has 1 heterocycles. The zero-order valence-electron chi connectivity index (χ0n) is 11.8. The molecule has 0 aliphatic heterocycles. The van der Waals surface area contributed by atoms with Crippen molar-refractivity contribution in [2.45, 2.75) is 32.9 Å². The van der Waals surface area contributed by atoms with Crippen LogP contribution < -0.4 is 5.32 Å². The largest absolute Gasteiger partial charge is 0.308 e. The van der Waals surface area contributed by atoms with Gasteiger partial charge in [-0.1, -0.05) is 19.9 Å². The second kappa shape index (κ2) is 7.87. The fourth-order valence-corrected chi connectivity index (χ4v) is 2.41. The molecule has 1 unspecified atom stereocenters. The second-order valence-electron chi connectivity index (χ2n) is 5.42. The van der Waals surface area contributed by atoms with Gasteiger partial charge in [0.25, 0.3) is 0 Å². The van der Waals surface area contributed by atoms with Gasteiger partial charge in [-0.25, -0.2) is 4.98 Å². The Hall–Kier alpha value is -0.450. The lowest BCUT2D eigenvalue weighted by Gasteiger charge is -2.24. The minimum absolute atomic E-state index is 0.515. The Balaban J connectivity index is 2.50. The van der Waals surface area contributed by atoms with Crippen molar-refractivity contribution in [2.75, 3.05) is 20.6 Å². The molecule has 1 atom stereocenters. The Morgan fingerprint density at radius 1 is 1.33 bits per heavy atom. The molecule has 0 saturated heterocycles. The average molecular weight is 314 g/mol. The van der Waals surface area contributed by atoms with E-state index in [0.717, 1.165) is 23.4 Å². The third-order valence-electron chi connectivity index (χ3n) is 2.69. The summed E-state index contributed by atoms with van der Waals surface area (Å²) < 4.78 is 0.898. The molecular weight excluding hydrogens is 290 g/mol. The van der Waals surface area contributed by atoms with Crippen LogP contribution in [0.5, 0.6) is 0 Å². The maximum absolute atomic E-state index is 4.44. The van der Waals surface area contributed by atoms with Gasteiger partial charge in [-0.15, -0.1) is 0 Å². The van der Waals surface area contributed by atoms with Crippen LogP contribution in [0, 0.1) is 5.92 Å². The molecule has 102 valence electrons. The number of halogens is 1. The van der Waals surface area contributed by atoms with Crippen LogP contribution in [0.1, 0.15) is 26.0 Å². The maximum atomic E-state index is 4.44. The second-order valence-corrected chi connectivity index (χ2v) is 6.23. The smallest absolute Gasteiger partial charge is 0.106 e. The molecule has 1 aromatic heterocycles. The molecule has 18 heavy (non-hydrogen) atoms. The Morgan fingerprint density at radius 3 is 2.61 bits per heavy atom. The summed E-state index contributed by atoms with van der Waals surface area (Å²) in [6.07, 6.45) is 1.19. The molecule has 3 nitrogen and oxygen atoms in total. The minimum atomic E-state index is 0.515. The van der Waals surface area contributed by atoms with Crippen LogP contribution in [0.4, 0.5) is 0 Å². The van der Waals surface area contributed by atoms with E-state index < -0.39 is 0 Å². The summed E-state index contributed by atoms with van der Waals surface area (Å²) in [5, 5.41) is 3.60. The van der Waals surface area contributed by atoms with Crippen molar-refractivity contribution < 1.29 is 0 Å². The van der Waals surface area contributed by atoms with E-state index in [9.17, 15) is 0 Å². The summed E-state index contributed by atoms with van der Waals surface area (Å²) in [4.78, 5) is 6.67. The summed E-state index contributed by atoms with van der Waals surface area (Å²) in [6, 6.07) is 6.55. The first-order chi connectivity index (χ1) is 8.47. The highest BCUT2D eigenvalue weighted by Crippen LogP contribution is 2.09. The van der Waals surface area contributed by atoms with E-state index in [1.807, 2.05) is 12.1 Å². The summed E-state index contributed by atoms with van der Waals surface area (Å²) in [7, 11) is 4.23. The normalized spacial score (nSPS) is 13.3. The molecule has 1 aromatic rings. The molecule has 1 rings (SSSR count). The van der Waals surface area contributed by atoms with Gasteiger partial charge in [0.2, 0.25) is 0 Å². The number of pyridine rings is 1. The fourth-order valence-electron chi connectivity index (χ4n) is 2.03. The number of hydrogen-bond acceptors (Lipinski definition) is 3. The number of rotatable bonds is 7. The van der Waals surface area contributed by atoms with Gasteiger partial charge < -0.3 is 10.2 Å². The van der Waals surface area contributed by atoms with E-state index in [-0.39, 0.29) is 0 Å². The summed E-state index contributed by atoms with van der Waals surface area (Å²) in [5.41, 5.74) is 1.08. The molecule has 1 N–H and O–H groups in total. The third-order valence-corrected chi connectivity index (χ3v) is 3.13. The predicted molar refractivity (Wildman–Crippen MR) is 80.6 cm³/mol. The van der Waals surface area contributed by atoms with Gasteiger partial charge in [0, 0.05) is 19.1 Å². The highest BCUT2D eigenvalue weighted by Gasteiger charge is 2.11. The first-order valence-electron chi connectivity index (χ1n) is 6.47.